The molecule has 0 N–H and O–H groups in total. The second kappa shape index (κ2) is 4.51. The average Bonchev–Trinajstić information content (AvgIpc) is 3.27. The predicted octanol–water partition coefficient (Wildman–Crippen LogP) is 5.35. The van der Waals surface area contributed by atoms with Crippen LogP contribution in [-0.2, 0) is 0 Å². The summed E-state index contributed by atoms with van der Waals surface area (Å²) < 4.78 is 0. The van der Waals surface area contributed by atoms with Crippen molar-refractivity contribution in [3.63, 3.8) is 0 Å². The van der Waals surface area contributed by atoms with Gasteiger partial charge in [-0.15, -0.1) is 0 Å². The summed E-state index contributed by atoms with van der Waals surface area (Å²) in [7, 11) is 0. The molecule has 0 nitrogen and oxygen atoms in total. The molecule has 2 unspecified atom stereocenters. The Morgan fingerprint density at radius 2 is 1.95 bits per heavy atom. The molecule has 4 rings (SSSR count). The first-order chi connectivity index (χ1) is 9.38. The average molecular weight is 252 g/mol. The molecule has 4 aliphatic rings. The maximum atomic E-state index is 2.63. The minimum absolute atomic E-state index is 0.410. The molecule has 2 fully saturated rings. The molecule has 0 aromatic carbocycles. The molecule has 2 atom stereocenters. The number of fused-ring (bicyclic) bond motifs is 1. The van der Waals surface area contributed by atoms with Crippen LogP contribution >= 0.6 is 0 Å². The van der Waals surface area contributed by atoms with Crippen LogP contribution in [0.5, 0.6) is 0 Å². The van der Waals surface area contributed by atoms with Gasteiger partial charge in [-0.3, -0.25) is 0 Å². The fraction of sp³-hybridized carbons (Fsp3) is 0.579. The van der Waals surface area contributed by atoms with Gasteiger partial charge in [-0.05, 0) is 49.5 Å². The van der Waals surface area contributed by atoms with Crippen molar-refractivity contribution in [3.8, 4) is 0 Å². The minimum atomic E-state index is 0.410. The van der Waals surface area contributed by atoms with Crippen LogP contribution in [0.25, 0.3) is 0 Å². The predicted molar refractivity (Wildman–Crippen MR) is 80.8 cm³/mol. The molecule has 0 aliphatic heterocycles. The van der Waals surface area contributed by atoms with Crippen molar-refractivity contribution in [2.24, 2.45) is 17.3 Å². The van der Waals surface area contributed by atoms with E-state index in [0.717, 1.165) is 11.8 Å². The standard InChI is InChI=1S/C19H24/c1-3-7-17(8-4-1)19(11-5-2-6-12-19)18-10-9-15-13-16(15)14-18/h1,3,7,9-10,14-16H,2,4-6,8,11-13H2. The molecule has 19 heavy (non-hydrogen) atoms. The molecule has 2 saturated carbocycles. The fourth-order valence-electron chi connectivity index (χ4n) is 4.43. The summed E-state index contributed by atoms with van der Waals surface area (Å²) in [5.74, 6) is 1.78. The van der Waals surface area contributed by atoms with E-state index in [2.05, 4.69) is 36.5 Å². The molecule has 0 radical (unpaired) electrons. The largest absolute Gasteiger partial charge is 0.0842 e. The maximum Gasteiger partial charge on any atom is 0.0162 e. The highest BCUT2D eigenvalue weighted by molar-refractivity contribution is 5.43. The molecule has 0 aromatic rings. The van der Waals surface area contributed by atoms with Crippen LogP contribution in [-0.4, -0.2) is 0 Å². The van der Waals surface area contributed by atoms with E-state index in [1.54, 1.807) is 11.1 Å². The molecule has 0 spiro atoms. The zero-order valence-corrected chi connectivity index (χ0v) is 11.8. The van der Waals surface area contributed by atoms with Gasteiger partial charge in [0.05, 0.1) is 0 Å². The van der Waals surface area contributed by atoms with E-state index in [1.807, 2.05) is 0 Å². The second-order valence-electron chi connectivity index (χ2n) is 6.85. The number of hydrogen-bond acceptors (Lipinski definition) is 0. The number of rotatable bonds is 2. The molecule has 0 amide bonds. The van der Waals surface area contributed by atoms with E-state index in [1.165, 1.54) is 51.4 Å². The van der Waals surface area contributed by atoms with Gasteiger partial charge in [-0.2, -0.15) is 0 Å². The minimum Gasteiger partial charge on any atom is -0.0842 e. The SMILES string of the molecule is C1=CCCC(C2(C3=CC4CC4C=C3)CCCCC2)=C1. The topological polar surface area (TPSA) is 0 Å². The summed E-state index contributed by atoms with van der Waals surface area (Å²) in [4.78, 5) is 0. The molecular weight excluding hydrogens is 228 g/mol. The third kappa shape index (κ3) is 1.96. The lowest BCUT2D eigenvalue weighted by molar-refractivity contribution is 0.285. The van der Waals surface area contributed by atoms with Gasteiger partial charge in [0.15, 0.2) is 0 Å². The van der Waals surface area contributed by atoms with Crippen LogP contribution in [0.2, 0.25) is 0 Å². The number of hydrogen-bond donors (Lipinski definition) is 0. The Balaban J connectivity index is 1.73. The second-order valence-corrected chi connectivity index (χ2v) is 6.85. The Bertz CT molecular complexity index is 480. The van der Waals surface area contributed by atoms with E-state index in [-0.39, 0.29) is 0 Å². The van der Waals surface area contributed by atoms with Crippen LogP contribution in [0.15, 0.2) is 47.6 Å². The van der Waals surface area contributed by atoms with Crippen LogP contribution in [0.1, 0.15) is 51.4 Å². The molecule has 0 bridgehead atoms. The first-order valence-electron chi connectivity index (χ1n) is 8.15. The fourth-order valence-corrected chi connectivity index (χ4v) is 4.43. The zero-order chi connectivity index (χ0) is 12.7. The van der Waals surface area contributed by atoms with E-state index in [0.29, 0.717) is 5.41 Å². The Labute approximate surface area is 117 Å². The first kappa shape index (κ1) is 11.8. The van der Waals surface area contributed by atoms with Gasteiger partial charge < -0.3 is 0 Å². The Kier molecular flexibility index (Phi) is 2.79. The number of allylic oxidation sites excluding steroid dienone is 8. The van der Waals surface area contributed by atoms with Crippen molar-refractivity contribution < 1.29 is 0 Å². The lowest BCUT2D eigenvalue weighted by Crippen LogP contribution is -2.29. The van der Waals surface area contributed by atoms with Gasteiger partial charge in [0, 0.05) is 5.41 Å². The van der Waals surface area contributed by atoms with Crippen molar-refractivity contribution in [3.05, 3.63) is 47.6 Å². The lowest BCUT2D eigenvalue weighted by atomic mass is 9.62. The van der Waals surface area contributed by atoms with Crippen LogP contribution < -0.4 is 0 Å². The molecule has 4 aliphatic carbocycles. The van der Waals surface area contributed by atoms with Crippen LogP contribution in [0.3, 0.4) is 0 Å². The summed E-state index contributed by atoms with van der Waals surface area (Å²) in [6, 6.07) is 0. The van der Waals surface area contributed by atoms with Gasteiger partial charge >= 0.3 is 0 Å². The lowest BCUT2D eigenvalue weighted by Gasteiger charge is -2.42. The summed E-state index contributed by atoms with van der Waals surface area (Å²) in [5.41, 5.74) is 3.81. The summed E-state index contributed by atoms with van der Waals surface area (Å²) in [6.07, 6.45) is 25.7. The monoisotopic (exact) mass is 252 g/mol. The van der Waals surface area contributed by atoms with Crippen LogP contribution in [0, 0.1) is 17.3 Å². The third-order valence-corrected chi connectivity index (χ3v) is 5.70. The molecule has 0 heterocycles. The summed E-state index contributed by atoms with van der Waals surface area (Å²) in [6.45, 7) is 0. The summed E-state index contributed by atoms with van der Waals surface area (Å²) in [5, 5.41) is 0. The third-order valence-electron chi connectivity index (χ3n) is 5.70. The molecule has 0 heteroatoms. The van der Waals surface area contributed by atoms with E-state index in [9.17, 15) is 0 Å². The molecular formula is C19H24. The van der Waals surface area contributed by atoms with Gasteiger partial charge in [0.1, 0.15) is 0 Å². The highest BCUT2D eigenvalue weighted by Gasteiger charge is 2.42. The Hall–Kier alpha value is -1.04. The van der Waals surface area contributed by atoms with Gasteiger partial charge in [-0.25, -0.2) is 0 Å². The molecule has 0 saturated heterocycles. The van der Waals surface area contributed by atoms with Crippen molar-refractivity contribution in [2.45, 2.75) is 51.4 Å². The first-order valence-corrected chi connectivity index (χ1v) is 8.15. The highest BCUT2D eigenvalue weighted by Crippen LogP contribution is 2.55. The highest BCUT2D eigenvalue weighted by atomic mass is 14.5. The maximum absolute atomic E-state index is 2.63. The quantitative estimate of drug-likeness (QED) is 0.622. The zero-order valence-electron chi connectivity index (χ0n) is 11.8. The van der Waals surface area contributed by atoms with Crippen molar-refractivity contribution in [1.82, 2.24) is 0 Å². The Morgan fingerprint density at radius 3 is 2.68 bits per heavy atom. The van der Waals surface area contributed by atoms with Gasteiger partial charge in [0.25, 0.3) is 0 Å². The Morgan fingerprint density at radius 1 is 1.05 bits per heavy atom. The van der Waals surface area contributed by atoms with Crippen molar-refractivity contribution in [1.29, 1.82) is 0 Å². The van der Waals surface area contributed by atoms with Gasteiger partial charge in [0.2, 0.25) is 0 Å². The smallest absolute Gasteiger partial charge is 0.0162 e. The van der Waals surface area contributed by atoms with Gasteiger partial charge in [-0.1, -0.05) is 61.3 Å². The molecule has 0 aromatic heterocycles. The normalized spacial score (nSPS) is 35.4. The van der Waals surface area contributed by atoms with E-state index >= 15 is 0 Å². The van der Waals surface area contributed by atoms with E-state index in [4.69, 9.17) is 0 Å². The van der Waals surface area contributed by atoms with Crippen molar-refractivity contribution in [2.75, 3.05) is 0 Å². The van der Waals surface area contributed by atoms with Crippen LogP contribution in [0.4, 0.5) is 0 Å². The molecule has 100 valence electrons. The van der Waals surface area contributed by atoms with E-state index < -0.39 is 0 Å². The summed E-state index contributed by atoms with van der Waals surface area (Å²) >= 11 is 0. The van der Waals surface area contributed by atoms with Crippen molar-refractivity contribution >= 4 is 0 Å².